The van der Waals surface area contributed by atoms with Gasteiger partial charge in [0.1, 0.15) is 11.6 Å². The summed E-state index contributed by atoms with van der Waals surface area (Å²) in [5.74, 6) is -1.70. The minimum Gasteiger partial charge on any atom is -0.465 e. The molecule has 0 unspecified atom stereocenters. The number of aryl methyl sites for hydroxylation is 1. The first-order valence-electron chi connectivity index (χ1n) is 16.4. The molecule has 51 heavy (non-hydrogen) atoms. The number of carbonyl (C=O) groups is 4. The van der Waals surface area contributed by atoms with Crippen molar-refractivity contribution in [1.82, 2.24) is 4.98 Å². The largest absolute Gasteiger partial charge is 0.465 e. The minimum atomic E-state index is -1.04. The molecule has 1 heterocycles. The molecule has 266 valence electrons. The summed E-state index contributed by atoms with van der Waals surface area (Å²) in [6, 6.07) is 24.0. The average molecular weight is 712 g/mol. The van der Waals surface area contributed by atoms with Crippen LogP contribution in [0.25, 0.3) is 0 Å². The van der Waals surface area contributed by atoms with Crippen LogP contribution in [0.15, 0.2) is 102 Å². The van der Waals surface area contributed by atoms with E-state index < -0.39 is 29.3 Å². The van der Waals surface area contributed by atoms with Gasteiger partial charge >= 0.3 is 18.0 Å². The van der Waals surface area contributed by atoms with E-state index in [-0.39, 0.29) is 39.0 Å². The summed E-state index contributed by atoms with van der Waals surface area (Å²) in [5.41, 5.74) is 0.167. The molecular weight excluding hydrogens is 670 g/mol. The molecule has 0 aliphatic heterocycles. The third kappa shape index (κ3) is 9.31. The van der Waals surface area contributed by atoms with Gasteiger partial charge in [-0.05, 0) is 75.4 Å². The second kappa shape index (κ2) is 16.8. The fourth-order valence-corrected chi connectivity index (χ4v) is 5.33. The Morgan fingerprint density at radius 3 is 2.00 bits per heavy atom. The number of allylic oxidation sites excluding steroid dienone is 1. The van der Waals surface area contributed by atoms with Gasteiger partial charge in [0, 0.05) is 24.2 Å². The van der Waals surface area contributed by atoms with Crippen LogP contribution in [0.4, 0.5) is 27.7 Å². The Labute approximate surface area is 303 Å². The number of rotatable bonds is 11. The Balaban J connectivity index is 2.02. The maximum atomic E-state index is 14.8. The van der Waals surface area contributed by atoms with Gasteiger partial charge in [-0.1, -0.05) is 68.8 Å². The molecule has 3 aromatic carbocycles. The summed E-state index contributed by atoms with van der Waals surface area (Å²) >= 11 is 6.52. The lowest BCUT2D eigenvalue weighted by Gasteiger charge is -2.32. The third-order valence-corrected chi connectivity index (χ3v) is 8.10. The van der Waals surface area contributed by atoms with Gasteiger partial charge in [-0.15, -0.1) is 0 Å². The number of nitrogens with zero attached hydrogens (tertiary/aromatic N) is 3. The number of ether oxygens (including phenoxy) is 2. The van der Waals surface area contributed by atoms with E-state index in [1.807, 2.05) is 18.7 Å². The van der Waals surface area contributed by atoms with Crippen molar-refractivity contribution in [3.05, 3.63) is 124 Å². The topological polar surface area (TPSA) is 130 Å². The Bertz CT molecular complexity index is 1920. The van der Waals surface area contributed by atoms with Crippen molar-refractivity contribution in [2.45, 2.75) is 41.5 Å². The number of urea groups is 1. The highest BCUT2D eigenvalue weighted by Crippen LogP contribution is 2.37. The van der Waals surface area contributed by atoms with Gasteiger partial charge in [-0.2, -0.15) is 0 Å². The van der Waals surface area contributed by atoms with E-state index >= 15 is 0 Å². The maximum Gasteiger partial charge on any atom is 0.343 e. The maximum absolute atomic E-state index is 14.8. The zero-order valence-corrected chi connectivity index (χ0v) is 30.5. The number of amides is 3. The fourth-order valence-electron chi connectivity index (χ4n) is 5.17. The van der Waals surface area contributed by atoms with Crippen molar-refractivity contribution >= 4 is 58.4 Å². The number of nitrogens with one attached hydrogen (secondary N) is 2. The molecule has 2 N–H and O–H groups in total. The van der Waals surface area contributed by atoms with Gasteiger partial charge in [0.15, 0.2) is 5.70 Å². The third-order valence-electron chi connectivity index (χ3n) is 7.77. The summed E-state index contributed by atoms with van der Waals surface area (Å²) < 4.78 is 11.0. The van der Waals surface area contributed by atoms with Crippen molar-refractivity contribution in [2.75, 3.05) is 40.6 Å². The predicted molar refractivity (Wildman–Crippen MR) is 200 cm³/mol. The van der Waals surface area contributed by atoms with Crippen molar-refractivity contribution in [3.8, 4) is 0 Å². The first-order valence-corrected chi connectivity index (χ1v) is 16.8. The number of hydrogen-bond donors (Lipinski definition) is 2. The number of carbonyl (C=O) groups excluding carboxylic acids is 4. The van der Waals surface area contributed by atoms with Gasteiger partial charge in [-0.3, -0.25) is 9.69 Å². The Hall–Kier alpha value is -5.68. The van der Waals surface area contributed by atoms with E-state index in [0.29, 0.717) is 30.3 Å². The van der Waals surface area contributed by atoms with Crippen molar-refractivity contribution in [3.63, 3.8) is 0 Å². The summed E-state index contributed by atoms with van der Waals surface area (Å²) in [5, 5.41) is 5.73. The number of anilines is 4. The van der Waals surface area contributed by atoms with Crippen LogP contribution in [0.3, 0.4) is 0 Å². The van der Waals surface area contributed by atoms with E-state index in [1.165, 1.54) is 25.3 Å². The number of hydrogen-bond acceptors (Lipinski definition) is 8. The number of esters is 2. The zero-order chi connectivity index (χ0) is 37.3. The smallest absolute Gasteiger partial charge is 0.343 e. The summed E-state index contributed by atoms with van der Waals surface area (Å²) in [4.78, 5) is 63.4. The van der Waals surface area contributed by atoms with Crippen LogP contribution in [0.1, 0.15) is 61.0 Å². The molecule has 0 aliphatic rings. The standard InChI is InChI=1S/C39H42ClN5O6/c1-8-44(9-2)32-23-22-31(25(3)41-32)45(38(49)42-28-18-14-11-15-19-28)33(34(39(4,5)6)51-37(48)26-16-12-10-13-17-26)35(46)43-30-24-27(36(47)50-7)20-21-29(30)40/h10-24H,8-9H2,1-7H3,(H,42,49)(H,43,46)/b34-33+. The molecule has 1 aromatic heterocycles. The van der Waals surface area contributed by atoms with Crippen LogP contribution in [0, 0.1) is 12.3 Å². The molecule has 0 saturated heterocycles. The quantitative estimate of drug-likeness (QED) is 0.0901. The van der Waals surface area contributed by atoms with Crippen LogP contribution in [-0.2, 0) is 14.3 Å². The normalized spacial score (nSPS) is 11.5. The van der Waals surface area contributed by atoms with Crippen LogP contribution >= 0.6 is 11.6 Å². The number of para-hydroxylation sites is 1. The van der Waals surface area contributed by atoms with Crippen molar-refractivity contribution in [2.24, 2.45) is 5.41 Å². The molecule has 0 fully saturated rings. The number of methoxy groups -OCH3 is 1. The lowest BCUT2D eigenvalue weighted by molar-refractivity contribution is -0.113. The molecule has 11 nitrogen and oxygen atoms in total. The lowest BCUT2D eigenvalue weighted by atomic mass is 9.91. The Morgan fingerprint density at radius 2 is 1.43 bits per heavy atom. The molecule has 0 radical (unpaired) electrons. The van der Waals surface area contributed by atoms with Crippen molar-refractivity contribution in [1.29, 1.82) is 0 Å². The van der Waals surface area contributed by atoms with E-state index in [4.69, 9.17) is 26.1 Å². The van der Waals surface area contributed by atoms with E-state index in [2.05, 4.69) is 10.6 Å². The summed E-state index contributed by atoms with van der Waals surface area (Å²) in [7, 11) is 1.23. The zero-order valence-electron chi connectivity index (χ0n) is 29.7. The average Bonchev–Trinajstić information content (AvgIpc) is 3.11. The molecule has 3 amide bonds. The molecule has 0 saturated carbocycles. The highest BCUT2D eigenvalue weighted by molar-refractivity contribution is 6.34. The van der Waals surface area contributed by atoms with Crippen molar-refractivity contribution < 1.29 is 28.7 Å². The van der Waals surface area contributed by atoms with E-state index in [9.17, 15) is 19.2 Å². The van der Waals surface area contributed by atoms with Crippen LogP contribution in [-0.4, -0.2) is 49.1 Å². The molecule has 0 bridgehead atoms. The molecule has 12 heteroatoms. The van der Waals surface area contributed by atoms with Crippen LogP contribution in [0.2, 0.25) is 5.02 Å². The molecule has 4 rings (SSSR count). The first-order chi connectivity index (χ1) is 24.3. The highest BCUT2D eigenvalue weighted by Gasteiger charge is 2.38. The first kappa shape index (κ1) is 38.1. The summed E-state index contributed by atoms with van der Waals surface area (Å²) in [6.45, 7) is 12.4. The molecule has 0 spiro atoms. The van der Waals surface area contributed by atoms with E-state index in [0.717, 1.165) is 4.90 Å². The van der Waals surface area contributed by atoms with Crippen LogP contribution < -0.4 is 20.4 Å². The SMILES string of the molecule is CCN(CC)c1ccc(N(C(=O)Nc2ccccc2)/C(C(=O)Nc2cc(C(=O)OC)ccc2Cl)=C(/OC(=O)c2ccccc2)C(C)(C)C)c(C)n1. The monoisotopic (exact) mass is 711 g/mol. The van der Waals surface area contributed by atoms with Gasteiger partial charge in [0.2, 0.25) is 0 Å². The minimum absolute atomic E-state index is 0.0554. The Morgan fingerprint density at radius 1 is 0.804 bits per heavy atom. The molecule has 0 aliphatic carbocycles. The molecule has 0 atom stereocenters. The second-order valence-corrected chi connectivity index (χ2v) is 12.8. The van der Waals surface area contributed by atoms with E-state index in [1.54, 1.807) is 100 Å². The fraction of sp³-hybridized carbons (Fsp3) is 0.256. The number of pyridine rings is 1. The second-order valence-electron chi connectivity index (χ2n) is 12.4. The van der Waals surface area contributed by atoms with Gasteiger partial charge in [0.25, 0.3) is 5.91 Å². The van der Waals surface area contributed by atoms with Gasteiger partial charge < -0.3 is 25.0 Å². The molecule has 4 aromatic rings. The number of aromatic nitrogens is 1. The number of halogens is 1. The molecular formula is C39H42ClN5O6. The van der Waals surface area contributed by atoms with Gasteiger partial charge in [-0.25, -0.2) is 19.4 Å². The lowest BCUT2D eigenvalue weighted by Crippen LogP contribution is -2.42. The van der Waals surface area contributed by atoms with Crippen LogP contribution in [0.5, 0.6) is 0 Å². The predicted octanol–water partition coefficient (Wildman–Crippen LogP) is 8.47. The highest BCUT2D eigenvalue weighted by atomic mass is 35.5. The van der Waals surface area contributed by atoms with Gasteiger partial charge in [0.05, 0.1) is 40.3 Å². The Kier molecular flexibility index (Phi) is 12.6. The summed E-state index contributed by atoms with van der Waals surface area (Å²) in [6.07, 6.45) is 0. The number of benzene rings is 3.